The molecule has 6 nitrogen and oxygen atoms in total. The Balaban J connectivity index is 2.24. The number of alkyl halides is 1. The number of anilines is 1. The summed E-state index contributed by atoms with van der Waals surface area (Å²) in [7, 11) is 0. The molecule has 0 radical (unpaired) electrons. The number of aromatic amines is 1. The molecule has 8 heteroatoms. The fraction of sp³-hybridized carbons (Fsp3) is 0.312. The molecule has 1 aromatic heterocycles. The van der Waals surface area contributed by atoms with Crippen molar-refractivity contribution in [3.63, 3.8) is 0 Å². The molecule has 2 rings (SSSR count). The van der Waals surface area contributed by atoms with E-state index in [0.29, 0.717) is 6.54 Å². The maximum Gasteiger partial charge on any atom is 0.271 e. The van der Waals surface area contributed by atoms with Gasteiger partial charge in [-0.1, -0.05) is 19.1 Å². The van der Waals surface area contributed by atoms with Gasteiger partial charge in [-0.3, -0.25) is 14.7 Å². The quantitative estimate of drug-likeness (QED) is 0.746. The van der Waals surface area contributed by atoms with Crippen molar-refractivity contribution >= 4 is 17.5 Å². The zero-order valence-electron chi connectivity index (χ0n) is 13.2. The van der Waals surface area contributed by atoms with E-state index < -0.39 is 24.3 Å². The number of allylic oxidation sites excluding steroid dienone is 4. The molecular formula is C16H18F2N4O2. The highest BCUT2D eigenvalue weighted by Gasteiger charge is 2.23. The van der Waals surface area contributed by atoms with Gasteiger partial charge in [0.15, 0.2) is 0 Å². The molecule has 1 aromatic rings. The first-order valence-electron chi connectivity index (χ1n) is 7.53. The highest BCUT2D eigenvalue weighted by atomic mass is 19.1. The lowest BCUT2D eigenvalue weighted by molar-refractivity contribution is -0.112. The zero-order chi connectivity index (χ0) is 17.5. The van der Waals surface area contributed by atoms with Crippen molar-refractivity contribution in [2.75, 3.05) is 18.5 Å². The smallest absolute Gasteiger partial charge is 0.271 e. The van der Waals surface area contributed by atoms with E-state index in [9.17, 15) is 18.4 Å². The Kier molecular flexibility index (Phi) is 6.00. The third-order valence-electron chi connectivity index (χ3n) is 3.33. The maximum absolute atomic E-state index is 14.1. The molecule has 0 saturated heterocycles. The van der Waals surface area contributed by atoms with Gasteiger partial charge in [0.1, 0.15) is 18.2 Å². The second kappa shape index (κ2) is 8.19. The maximum atomic E-state index is 14.1. The predicted octanol–water partition coefficient (Wildman–Crippen LogP) is 2.57. The molecule has 3 N–H and O–H groups in total. The molecule has 0 aromatic carbocycles. The first kappa shape index (κ1) is 17.6. The summed E-state index contributed by atoms with van der Waals surface area (Å²) in [4.78, 5) is 24.3. The number of carbonyl (C=O) groups is 2. The van der Waals surface area contributed by atoms with Crippen molar-refractivity contribution in [3.8, 4) is 0 Å². The van der Waals surface area contributed by atoms with Crippen LogP contribution in [0.2, 0.25) is 0 Å². The van der Waals surface area contributed by atoms with E-state index in [0.717, 1.165) is 6.42 Å². The van der Waals surface area contributed by atoms with Crippen molar-refractivity contribution in [1.82, 2.24) is 15.5 Å². The fourth-order valence-electron chi connectivity index (χ4n) is 2.15. The molecule has 0 saturated carbocycles. The summed E-state index contributed by atoms with van der Waals surface area (Å²) < 4.78 is 27.2. The molecule has 1 aliphatic rings. The van der Waals surface area contributed by atoms with Gasteiger partial charge in [0.25, 0.3) is 11.8 Å². The third kappa shape index (κ3) is 3.95. The highest BCUT2D eigenvalue weighted by molar-refractivity contribution is 6.10. The van der Waals surface area contributed by atoms with E-state index in [2.05, 4.69) is 20.8 Å². The van der Waals surface area contributed by atoms with Crippen molar-refractivity contribution in [2.45, 2.75) is 19.8 Å². The molecule has 128 valence electrons. The van der Waals surface area contributed by atoms with E-state index >= 15 is 0 Å². The van der Waals surface area contributed by atoms with E-state index in [4.69, 9.17) is 0 Å². The molecule has 0 spiro atoms. The second-order valence-corrected chi connectivity index (χ2v) is 5.09. The van der Waals surface area contributed by atoms with Gasteiger partial charge in [0.2, 0.25) is 0 Å². The topological polar surface area (TPSA) is 86.9 Å². The number of amides is 2. The minimum absolute atomic E-state index is 0.0488. The Bertz CT molecular complexity index is 719. The average Bonchev–Trinajstić information content (AvgIpc) is 2.94. The summed E-state index contributed by atoms with van der Waals surface area (Å²) in [5.74, 6) is -2.08. The molecule has 0 bridgehead atoms. The van der Waals surface area contributed by atoms with Crippen LogP contribution >= 0.6 is 0 Å². The lowest BCUT2D eigenvalue weighted by Gasteiger charge is -2.10. The van der Waals surface area contributed by atoms with Crippen molar-refractivity contribution in [1.29, 1.82) is 0 Å². The van der Waals surface area contributed by atoms with Crippen molar-refractivity contribution < 1.29 is 18.4 Å². The summed E-state index contributed by atoms with van der Waals surface area (Å²) in [5, 5.41) is 11.2. The molecule has 0 atom stereocenters. The van der Waals surface area contributed by atoms with Crippen LogP contribution in [0.5, 0.6) is 0 Å². The van der Waals surface area contributed by atoms with Gasteiger partial charge in [-0.25, -0.2) is 8.78 Å². The Morgan fingerprint density at radius 2 is 2.17 bits per heavy atom. The van der Waals surface area contributed by atoms with Crippen LogP contribution in [0.4, 0.5) is 14.5 Å². The third-order valence-corrected chi connectivity index (χ3v) is 3.33. The Morgan fingerprint density at radius 3 is 2.88 bits per heavy atom. The first-order valence-corrected chi connectivity index (χ1v) is 7.53. The second-order valence-electron chi connectivity index (χ2n) is 5.09. The Morgan fingerprint density at radius 1 is 1.38 bits per heavy atom. The van der Waals surface area contributed by atoms with Crippen LogP contribution < -0.4 is 10.6 Å². The predicted molar refractivity (Wildman–Crippen MR) is 85.8 cm³/mol. The van der Waals surface area contributed by atoms with E-state index in [1.54, 1.807) is 6.08 Å². The number of H-pyrrole nitrogens is 1. The largest absolute Gasteiger partial charge is 0.351 e. The summed E-state index contributed by atoms with van der Waals surface area (Å²) >= 11 is 0. The van der Waals surface area contributed by atoms with E-state index in [1.165, 1.54) is 18.3 Å². The first-order chi connectivity index (χ1) is 11.6. The van der Waals surface area contributed by atoms with Crippen molar-refractivity contribution in [2.24, 2.45) is 0 Å². The van der Waals surface area contributed by atoms with Crippen LogP contribution in [0, 0.1) is 0 Å². The molecule has 1 heterocycles. The van der Waals surface area contributed by atoms with Crippen LogP contribution in [0.3, 0.4) is 0 Å². The van der Waals surface area contributed by atoms with Crippen LogP contribution in [-0.2, 0) is 4.79 Å². The standard InChI is InChI=1S/C16H18F2N4O2/c1-2-7-19-16(24)14-12(9-20-22-14)21-15(23)13-10(8-17)5-3-4-6-11(13)18/h3,5-6,9H,2,4,7-8H2,1H3,(H,19,24)(H,20,22)(H,21,23). The Labute approximate surface area is 137 Å². The Hall–Kier alpha value is -2.77. The van der Waals surface area contributed by atoms with Gasteiger partial charge in [-0.15, -0.1) is 0 Å². The minimum atomic E-state index is -0.976. The molecule has 0 unspecified atom stereocenters. The van der Waals surface area contributed by atoms with Crippen molar-refractivity contribution in [3.05, 3.63) is 47.1 Å². The summed E-state index contributed by atoms with van der Waals surface area (Å²) in [6, 6.07) is 0. The number of aromatic nitrogens is 2. The fourth-order valence-corrected chi connectivity index (χ4v) is 2.15. The summed E-state index contributed by atoms with van der Waals surface area (Å²) in [6.45, 7) is 1.38. The number of carbonyl (C=O) groups excluding carboxylic acids is 2. The normalized spacial score (nSPS) is 14.2. The molecule has 0 fully saturated rings. The minimum Gasteiger partial charge on any atom is -0.351 e. The van der Waals surface area contributed by atoms with E-state index in [-0.39, 0.29) is 28.9 Å². The number of rotatable bonds is 6. The van der Waals surface area contributed by atoms with Gasteiger partial charge >= 0.3 is 0 Å². The summed E-state index contributed by atoms with van der Waals surface area (Å²) in [5.41, 5.74) is -0.292. The molecule has 24 heavy (non-hydrogen) atoms. The van der Waals surface area contributed by atoms with Crippen LogP contribution in [-0.4, -0.2) is 35.2 Å². The van der Waals surface area contributed by atoms with Crippen LogP contribution in [0.25, 0.3) is 0 Å². The van der Waals surface area contributed by atoms with Gasteiger partial charge in [0, 0.05) is 6.54 Å². The molecule has 2 amide bonds. The number of nitrogens with zero attached hydrogens (tertiary/aromatic N) is 1. The molecule has 1 aliphatic carbocycles. The average molecular weight is 336 g/mol. The zero-order valence-corrected chi connectivity index (χ0v) is 13.2. The summed E-state index contributed by atoms with van der Waals surface area (Å²) in [6.07, 6.45) is 6.39. The van der Waals surface area contributed by atoms with Gasteiger partial charge in [0.05, 0.1) is 17.5 Å². The lowest BCUT2D eigenvalue weighted by Crippen LogP contribution is -2.26. The van der Waals surface area contributed by atoms with E-state index in [1.807, 2.05) is 6.92 Å². The molecule has 0 aliphatic heterocycles. The number of nitrogens with one attached hydrogen (secondary N) is 3. The SMILES string of the molecule is CCCNC(=O)c1[nH]ncc1NC(=O)C1=C(CF)C=CCC=C1F. The van der Waals surface area contributed by atoms with Gasteiger partial charge in [-0.2, -0.15) is 5.10 Å². The lowest BCUT2D eigenvalue weighted by atomic mass is 10.1. The highest BCUT2D eigenvalue weighted by Crippen LogP contribution is 2.24. The van der Waals surface area contributed by atoms with Gasteiger partial charge in [-0.05, 0) is 24.5 Å². The number of hydrogen-bond donors (Lipinski definition) is 3. The van der Waals surface area contributed by atoms with Crippen LogP contribution in [0.1, 0.15) is 30.3 Å². The number of hydrogen-bond acceptors (Lipinski definition) is 3. The number of halogens is 2. The monoisotopic (exact) mass is 336 g/mol. The van der Waals surface area contributed by atoms with Crippen LogP contribution in [0.15, 0.2) is 41.4 Å². The molecular weight excluding hydrogens is 318 g/mol. The van der Waals surface area contributed by atoms with Gasteiger partial charge < -0.3 is 10.6 Å².